The molecule has 1 atom stereocenters. The van der Waals surface area contributed by atoms with Gasteiger partial charge in [-0.15, -0.1) is 0 Å². The van der Waals surface area contributed by atoms with Gasteiger partial charge < -0.3 is 25.6 Å². The number of pyridine rings is 1. The maximum Gasteiger partial charge on any atom is 0.255 e. The van der Waals surface area contributed by atoms with Crippen LogP contribution < -0.4 is 26.4 Å². The summed E-state index contributed by atoms with van der Waals surface area (Å²) >= 11 is 0. The van der Waals surface area contributed by atoms with Gasteiger partial charge >= 0.3 is 0 Å². The molecule has 2 aliphatic rings. The highest BCUT2D eigenvalue weighted by Gasteiger charge is 2.24. The van der Waals surface area contributed by atoms with Crippen molar-refractivity contribution in [3.63, 3.8) is 0 Å². The van der Waals surface area contributed by atoms with Gasteiger partial charge in [0, 0.05) is 43.9 Å². The van der Waals surface area contributed by atoms with Crippen molar-refractivity contribution in [1.82, 2.24) is 15.0 Å². The molecule has 2 aliphatic heterocycles. The van der Waals surface area contributed by atoms with Gasteiger partial charge in [0.2, 0.25) is 17.8 Å². The molecule has 2 amide bonds. The molecule has 1 unspecified atom stereocenters. The third-order valence-corrected chi connectivity index (χ3v) is 6.30. The Morgan fingerprint density at radius 3 is 2.71 bits per heavy atom. The predicted molar refractivity (Wildman–Crippen MR) is 128 cm³/mol. The molecule has 4 rings (SSSR count). The zero-order chi connectivity index (χ0) is 24.1. The third-order valence-electron chi connectivity index (χ3n) is 6.30. The molecule has 2 saturated heterocycles. The second kappa shape index (κ2) is 10.6. The topological polar surface area (TPSA) is 147 Å². The number of nitrogens with zero attached hydrogens (tertiary/aromatic N) is 4. The molecule has 0 aromatic carbocycles. The highest BCUT2D eigenvalue weighted by atomic mass is 16.5. The molecule has 0 saturated carbocycles. The number of ether oxygens (including phenoxy) is 1. The number of hydrogen-bond acceptors (Lipinski definition) is 8. The van der Waals surface area contributed by atoms with Crippen molar-refractivity contribution >= 4 is 29.3 Å². The fraction of sp³-hybridized carbons (Fsp3) is 0.522. The van der Waals surface area contributed by atoms with Crippen LogP contribution in [-0.4, -0.2) is 66.2 Å². The summed E-state index contributed by atoms with van der Waals surface area (Å²) in [6, 6.07) is 3.60. The Morgan fingerprint density at radius 1 is 1.24 bits per heavy atom. The molecule has 4 N–H and O–H groups in total. The fourth-order valence-corrected chi connectivity index (χ4v) is 4.34. The van der Waals surface area contributed by atoms with Crippen LogP contribution >= 0.6 is 0 Å². The molecule has 182 valence electrons. The van der Waals surface area contributed by atoms with Crippen LogP contribution in [0, 0.1) is 12.8 Å². The molecule has 2 fully saturated rings. The van der Waals surface area contributed by atoms with Crippen LogP contribution in [0.2, 0.25) is 0 Å². The van der Waals surface area contributed by atoms with E-state index in [1.807, 2.05) is 15.9 Å². The molecule has 4 heterocycles. The first kappa shape index (κ1) is 23.7. The van der Waals surface area contributed by atoms with Gasteiger partial charge in [0.05, 0.1) is 31.0 Å². The Morgan fingerprint density at radius 2 is 2.03 bits per heavy atom. The lowest BCUT2D eigenvalue weighted by Crippen LogP contribution is -2.41. The first-order chi connectivity index (χ1) is 16.4. The number of hydrogen-bond donors (Lipinski definition) is 3. The highest BCUT2D eigenvalue weighted by Crippen LogP contribution is 2.22. The number of piperidine rings is 1. The standard InChI is InChI=1S/C23H31N7O4/c1-15-18(22(33)28-23(26-15)29-9-11-34-12-10-29)5-7-20(31)27-17-4-6-19(25-13-17)30-8-2-3-16(14-30)21(24)32/h4,6,13,16H,2-3,5,7-12,14H2,1H3,(H2,24,32)(H,27,31)(H,26,28,33). The molecule has 34 heavy (non-hydrogen) atoms. The summed E-state index contributed by atoms with van der Waals surface area (Å²) < 4.78 is 5.34. The van der Waals surface area contributed by atoms with Gasteiger partial charge in [0.25, 0.3) is 5.56 Å². The van der Waals surface area contributed by atoms with E-state index in [-0.39, 0.29) is 36.1 Å². The average Bonchev–Trinajstić information content (AvgIpc) is 2.84. The van der Waals surface area contributed by atoms with Crippen LogP contribution in [0.1, 0.15) is 30.5 Å². The first-order valence-corrected chi connectivity index (χ1v) is 11.6. The minimum absolute atomic E-state index is 0.149. The Hall–Kier alpha value is -3.47. The van der Waals surface area contributed by atoms with Crippen LogP contribution in [0.4, 0.5) is 17.5 Å². The van der Waals surface area contributed by atoms with Crippen molar-refractivity contribution in [3.05, 3.63) is 39.9 Å². The molecular formula is C23H31N7O4. The number of nitrogens with two attached hydrogens (primary N) is 1. The Labute approximate surface area is 197 Å². The minimum Gasteiger partial charge on any atom is -0.378 e. The van der Waals surface area contributed by atoms with Crippen LogP contribution in [0.3, 0.4) is 0 Å². The zero-order valence-electron chi connectivity index (χ0n) is 19.4. The van der Waals surface area contributed by atoms with Crippen LogP contribution in [0.15, 0.2) is 23.1 Å². The van der Waals surface area contributed by atoms with Crippen molar-refractivity contribution < 1.29 is 14.3 Å². The number of primary amides is 1. The van der Waals surface area contributed by atoms with Crippen LogP contribution in [-0.2, 0) is 20.7 Å². The summed E-state index contributed by atoms with van der Waals surface area (Å²) in [6.07, 6.45) is 3.72. The van der Waals surface area contributed by atoms with Gasteiger partial charge in [-0.25, -0.2) is 9.97 Å². The van der Waals surface area contributed by atoms with Gasteiger partial charge in [-0.3, -0.25) is 19.4 Å². The third kappa shape index (κ3) is 5.71. The highest BCUT2D eigenvalue weighted by molar-refractivity contribution is 5.90. The van der Waals surface area contributed by atoms with E-state index in [1.54, 1.807) is 19.2 Å². The summed E-state index contributed by atoms with van der Waals surface area (Å²) in [5.41, 5.74) is 6.94. The maximum absolute atomic E-state index is 12.6. The molecular weight excluding hydrogens is 438 g/mol. The molecule has 11 nitrogen and oxygen atoms in total. The van der Waals surface area contributed by atoms with Crippen molar-refractivity contribution in [3.8, 4) is 0 Å². The minimum atomic E-state index is -0.284. The number of carbonyl (C=O) groups excluding carboxylic acids is 2. The molecule has 2 aromatic heterocycles. The number of aryl methyl sites for hydroxylation is 1. The van der Waals surface area contributed by atoms with Gasteiger partial charge in [-0.1, -0.05) is 0 Å². The number of anilines is 3. The lowest BCUT2D eigenvalue weighted by Gasteiger charge is -2.32. The fourth-order valence-electron chi connectivity index (χ4n) is 4.34. The van der Waals surface area contributed by atoms with E-state index in [2.05, 4.69) is 20.3 Å². The van der Waals surface area contributed by atoms with Gasteiger partial charge in [-0.2, -0.15) is 0 Å². The number of H-pyrrole nitrogens is 1. The van der Waals surface area contributed by atoms with E-state index in [9.17, 15) is 14.4 Å². The maximum atomic E-state index is 12.6. The Kier molecular flexibility index (Phi) is 7.41. The molecule has 0 aliphatic carbocycles. The first-order valence-electron chi connectivity index (χ1n) is 11.6. The number of rotatable bonds is 7. The van der Waals surface area contributed by atoms with E-state index in [4.69, 9.17) is 10.5 Å². The largest absolute Gasteiger partial charge is 0.378 e. The van der Waals surface area contributed by atoms with E-state index in [0.717, 1.165) is 25.2 Å². The summed E-state index contributed by atoms with van der Waals surface area (Å²) in [5, 5.41) is 2.82. The van der Waals surface area contributed by atoms with Crippen LogP contribution in [0.25, 0.3) is 0 Å². The van der Waals surface area contributed by atoms with E-state index < -0.39 is 0 Å². The van der Waals surface area contributed by atoms with Crippen molar-refractivity contribution in [1.29, 1.82) is 0 Å². The summed E-state index contributed by atoms with van der Waals surface area (Å²) in [4.78, 5) is 52.4. The zero-order valence-corrected chi connectivity index (χ0v) is 19.4. The molecule has 0 bridgehead atoms. The van der Waals surface area contributed by atoms with Crippen LogP contribution in [0.5, 0.6) is 0 Å². The number of aromatic amines is 1. The number of aromatic nitrogens is 3. The predicted octanol–water partition coefficient (Wildman–Crippen LogP) is 0.583. The molecule has 11 heteroatoms. The number of amides is 2. The quantitative estimate of drug-likeness (QED) is 0.534. The smallest absolute Gasteiger partial charge is 0.255 e. The molecule has 0 radical (unpaired) electrons. The number of nitrogens with one attached hydrogen (secondary N) is 2. The number of carbonyl (C=O) groups is 2. The molecule has 2 aromatic rings. The van der Waals surface area contributed by atoms with Gasteiger partial charge in [-0.05, 0) is 38.3 Å². The average molecular weight is 470 g/mol. The monoisotopic (exact) mass is 469 g/mol. The van der Waals surface area contributed by atoms with Crippen molar-refractivity contribution in [2.75, 3.05) is 54.5 Å². The lowest BCUT2D eigenvalue weighted by molar-refractivity contribution is -0.122. The van der Waals surface area contributed by atoms with Gasteiger partial charge in [0.1, 0.15) is 5.82 Å². The van der Waals surface area contributed by atoms with E-state index in [0.29, 0.717) is 55.7 Å². The Bertz CT molecular complexity index is 1080. The summed E-state index contributed by atoms with van der Waals surface area (Å²) in [5.74, 6) is 0.628. The summed E-state index contributed by atoms with van der Waals surface area (Å²) in [7, 11) is 0. The second-order valence-corrected chi connectivity index (χ2v) is 8.69. The van der Waals surface area contributed by atoms with Crippen molar-refractivity contribution in [2.45, 2.75) is 32.6 Å². The SMILES string of the molecule is Cc1nc(N2CCOCC2)[nH]c(=O)c1CCC(=O)Nc1ccc(N2CCCC(C(N)=O)C2)nc1. The Balaban J connectivity index is 1.32. The van der Waals surface area contributed by atoms with Crippen molar-refractivity contribution in [2.24, 2.45) is 11.7 Å². The molecule has 0 spiro atoms. The number of morpholine rings is 1. The second-order valence-electron chi connectivity index (χ2n) is 8.69. The summed E-state index contributed by atoms with van der Waals surface area (Å²) in [6.45, 7) is 5.73. The lowest BCUT2D eigenvalue weighted by atomic mass is 9.97. The van der Waals surface area contributed by atoms with E-state index in [1.165, 1.54) is 0 Å². The van der Waals surface area contributed by atoms with Gasteiger partial charge in [0.15, 0.2) is 0 Å². The van der Waals surface area contributed by atoms with E-state index >= 15 is 0 Å². The normalized spacial score (nSPS) is 18.6.